The van der Waals surface area contributed by atoms with Gasteiger partial charge in [-0.1, -0.05) is 55.3 Å². The molecule has 4 N–H and O–H groups in total. The van der Waals surface area contributed by atoms with Crippen molar-refractivity contribution in [3.63, 3.8) is 0 Å². The molecule has 5 nitrogen and oxygen atoms in total. The lowest BCUT2D eigenvalue weighted by Gasteiger charge is -2.30. The maximum absolute atomic E-state index is 13.4. The number of aromatic amines is 1. The van der Waals surface area contributed by atoms with E-state index in [4.69, 9.17) is 0 Å². The highest BCUT2D eigenvalue weighted by Gasteiger charge is 2.51. The summed E-state index contributed by atoms with van der Waals surface area (Å²) in [5, 5.41) is 25.0. The van der Waals surface area contributed by atoms with Crippen LogP contribution in [0.4, 0.5) is 0 Å². The molecular formula is C28H36N2O3. The van der Waals surface area contributed by atoms with Crippen LogP contribution in [0.15, 0.2) is 54.7 Å². The van der Waals surface area contributed by atoms with E-state index in [1.807, 2.05) is 37.4 Å². The van der Waals surface area contributed by atoms with E-state index >= 15 is 0 Å². The number of benzene rings is 2. The molecular weight excluding hydrogens is 412 g/mol. The van der Waals surface area contributed by atoms with Crippen molar-refractivity contribution in [1.82, 2.24) is 10.3 Å². The quantitative estimate of drug-likeness (QED) is 0.339. The zero-order valence-electron chi connectivity index (χ0n) is 19.7. The van der Waals surface area contributed by atoms with Crippen LogP contribution < -0.4 is 5.32 Å². The molecule has 33 heavy (non-hydrogen) atoms. The van der Waals surface area contributed by atoms with Gasteiger partial charge in [0.05, 0.1) is 12.6 Å². The van der Waals surface area contributed by atoms with E-state index in [2.05, 4.69) is 41.5 Å². The van der Waals surface area contributed by atoms with Gasteiger partial charge in [-0.3, -0.25) is 4.79 Å². The Labute approximate surface area is 196 Å². The fourth-order valence-corrected chi connectivity index (χ4v) is 5.19. The number of rotatable bonds is 11. The molecule has 0 aliphatic heterocycles. The topological polar surface area (TPSA) is 85.3 Å². The van der Waals surface area contributed by atoms with Crippen molar-refractivity contribution < 1.29 is 15.0 Å². The average molecular weight is 449 g/mol. The van der Waals surface area contributed by atoms with Crippen molar-refractivity contribution in [3.8, 4) is 0 Å². The monoisotopic (exact) mass is 448 g/mol. The lowest BCUT2D eigenvalue weighted by molar-refractivity contribution is -0.129. The predicted molar refractivity (Wildman–Crippen MR) is 132 cm³/mol. The van der Waals surface area contributed by atoms with E-state index in [1.165, 1.54) is 10.9 Å². The van der Waals surface area contributed by atoms with Crippen molar-refractivity contribution in [3.05, 3.63) is 71.4 Å². The molecule has 0 unspecified atom stereocenters. The van der Waals surface area contributed by atoms with Gasteiger partial charge in [0, 0.05) is 23.0 Å². The number of aryl methyl sites for hydroxylation is 2. The zero-order valence-corrected chi connectivity index (χ0v) is 19.7. The van der Waals surface area contributed by atoms with Crippen LogP contribution in [-0.2, 0) is 11.2 Å². The van der Waals surface area contributed by atoms with Crippen LogP contribution in [0.1, 0.15) is 61.8 Å². The van der Waals surface area contributed by atoms with E-state index in [9.17, 15) is 15.0 Å². The van der Waals surface area contributed by atoms with E-state index in [1.54, 1.807) is 0 Å². The van der Waals surface area contributed by atoms with Crippen molar-refractivity contribution in [2.75, 3.05) is 6.61 Å². The summed E-state index contributed by atoms with van der Waals surface area (Å²) >= 11 is 0. The lowest BCUT2D eigenvalue weighted by Crippen LogP contribution is -2.46. The van der Waals surface area contributed by atoms with Crippen molar-refractivity contribution >= 4 is 16.8 Å². The number of amides is 1. The zero-order chi connectivity index (χ0) is 23.4. The molecule has 0 bridgehead atoms. The van der Waals surface area contributed by atoms with Crippen LogP contribution in [0.5, 0.6) is 0 Å². The highest BCUT2D eigenvalue weighted by molar-refractivity contribution is 5.83. The molecule has 4 rings (SSSR count). The number of aliphatic hydroxyl groups is 2. The van der Waals surface area contributed by atoms with Gasteiger partial charge in [0.2, 0.25) is 5.91 Å². The molecule has 1 heterocycles. The number of H-pyrrole nitrogens is 1. The number of aliphatic hydroxyl groups excluding tert-OH is 2. The Morgan fingerprint density at radius 3 is 2.58 bits per heavy atom. The summed E-state index contributed by atoms with van der Waals surface area (Å²) in [6.45, 7) is 3.80. The second kappa shape index (κ2) is 10.1. The minimum absolute atomic E-state index is 0.00732. The van der Waals surface area contributed by atoms with Gasteiger partial charge in [-0.25, -0.2) is 0 Å². The van der Waals surface area contributed by atoms with Crippen LogP contribution in [0.25, 0.3) is 10.9 Å². The Hall–Kier alpha value is -2.63. The second-order valence-corrected chi connectivity index (χ2v) is 9.71. The number of nitrogens with one attached hydrogen (secondary N) is 2. The second-order valence-electron chi connectivity index (χ2n) is 9.71. The van der Waals surface area contributed by atoms with Crippen LogP contribution in [-0.4, -0.2) is 33.8 Å². The first-order chi connectivity index (χ1) is 16.0. The number of aromatic nitrogens is 1. The molecule has 1 saturated carbocycles. The number of carbonyl (C=O) groups excluding carboxylic acids is 1. The van der Waals surface area contributed by atoms with Crippen molar-refractivity contribution in [2.24, 2.45) is 11.3 Å². The Kier molecular flexibility index (Phi) is 7.20. The summed E-state index contributed by atoms with van der Waals surface area (Å²) in [7, 11) is 0. The SMILES string of the molecule is CCC[C@H](C(=O)N[C@@H](CO)[C@H](O)c1ccc(C)cc1)C1(CCc2cccc3[nH]ccc23)CC1. The Balaban J connectivity index is 1.45. The molecule has 1 aliphatic carbocycles. The Morgan fingerprint density at radius 2 is 1.91 bits per heavy atom. The largest absolute Gasteiger partial charge is 0.394 e. The molecule has 1 amide bonds. The van der Waals surface area contributed by atoms with E-state index < -0.39 is 12.1 Å². The third-order valence-corrected chi connectivity index (χ3v) is 7.43. The number of fused-ring (bicyclic) bond motifs is 1. The molecule has 5 heteroatoms. The smallest absolute Gasteiger partial charge is 0.224 e. The van der Waals surface area contributed by atoms with Crippen LogP contribution in [0.3, 0.4) is 0 Å². The minimum Gasteiger partial charge on any atom is -0.394 e. The first kappa shape index (κ1) is 23.5. The number of hydrogen-bond donors (Lipinski definition) is 4. The van der Waals surface area contributed by atoms with E-state index in [0.29, 0.717) is 5.56 Å². The first-order valence-electron chi connectivity index (χ1n) is 12.2. The first-order valence-corrected chi connectivity index (χ1v) is 12.2. The molecule has 1 aliphatic rings. The van der Waals surface area contributed by atoms with E-state index in [0.717, 1.165) is 49.6 Å². The van der Waals surface area contributed by atoms with Gasteiger partial charge in [0.25, 0.3) is 0 Å². The lowest BCUT2D eigenvalue weighted by atomic mass is 9.80. The van der Waals surface area contributed by atoms with Gasteiger partial charge in [0.1, 0.15) is 6.10 Å². The molecule has 3 aromatic rings. The summed E-state index contributed by atoms with van der Waals surface area (Å²) in [4.78, 5) is 16.7. The predicted octanol–water partition coefficient (Wildman–Crippen LogP) is 4.82. The van der Waals surface area contributed by atoms with Gasteiger partial charge in [-0.2, -0.15) is 0 Å². The van der Waals surface area contributed by atoms with Crippen LogP contribution >= 0.6 is 0 Å². The van der Waals surface area contributed by atoms with Crippen molar-refractivity contribution in [1.29, 1.82) is 0 Å². The molecule has 0 radical (unpaired) electrons. The van der Waals surface area contributed by atoms with Gasteiger partial charge >= 0.3 is 0 Å². The summed E-state index contributed by atoms with van der Waals surface area (Å²) in [5.74, 6) is -0.147. The van der Waals surface area contributed by atoms with Crippen LogP contribution in [0.2, 0.25) is 0 Å². The summed E-state index contributed by atoms with van der Waals surface area (Å²) < 4.78 is 0. The fourth-order valence-electron chi connectivity index (χ4n) is 5.19. The molecule has 3 atom stereocenters. The molecule has 176 valence electrons. The highest BCUT2D eigenvalue weighted by atomic mass is 16.3. The molecule has 1 fully saturated rings. The standard InChI is InChI=1S/C28H36N2O3/c1-3-5-23(27(33)30-25(18-31)26(32)21-10-8-19(2)9-11-21)28(15-16-28)14-12-20-6-4-7-24-22(20)13-17-29-24/h4,6-11,13,17,23,25-26,29,31-32H,3,5,12,14-16,18H2,1-2H3,(H,30,33)/t23-,25+,26-/m1/s1. The molecule has 0 spiro atoms. The molecule has 1 aromatic heterocycles. The average Bonchev–Trinajstić information content (AvgIpc) is 3.45. The Morgan fingerprint density at radius 1 is 1.15 bits per heavy atom. The minimum atomic E-state index is -0.942. The summed E-state index contributed by atoms with van der Waals surface area (Å²) in [5.41, 5.74) is 4.28. The van der Waals surface area contributed by atoms with Gasteiger partial charge < -0.3 is 20.5 Å². The third-order valence-electron chi connectivity index (χ3n) is 7.43. The van der Waals surface area contributed by atoms with Gasteiger partial charge in [-0.15, -0.1) is 0 Å². The van der Waals surface area contributed by atoms with E-state index in [-0.39, 0.29) is 23.8 Å². The van der Waals surface area contributed by atoms with Crippen molar-refractivity contribution in [2.45, 2.75) is 64.5 Å². The maximum Gasteiger partial charge on any atom is 0.224 e. The maximum atomic E-state index is 13.4. The normalized spacial score (nSPS) is 17.5. The molecule has 0 saturated heterocycles. The molecule has 2 aromatic carbocycles. The van der Waals surface area contributed by atoms with Gasteiger partial charge in [-0.05, 0) is 67.7 Å². The van der Waals surface area contributed by atoms with Gasteiger partial charge in [0.15, 0.2) is 0 Å². The van der Waals surface area contributed by atoms with Crippen LogP contribution in [0, 0.1) is 18.3 Å². The third kappa shape index (κ3) is 5.15. The highest BCUT2D eigenvalue weighted by Crippen LogP contribution is 2.57. The Bertz CT molecular complexity index is 1070. The fraction of sp³-hybridized carbons (Fsp3) is 0.464. The number of hydrogen-bond acceptors (Lipinski definition) is 3. The summed E-state index contributed by atoms with van der Waals surface area (Å²) in [6, 6.07) is 15.3. The summed E-state index contributed by atoms with van der Waals surface area (Å²) in [6.07, 6.45) is 6.80. The number of carbonyl (C=O) groups is 1.